The highest BCUT2D eigenvalue weighted by molar-refractivity contribution is 7.09. The fraction of sp³-hybridized carbons (Fsp3) is 0.278. The number of ether oxygens (including phenoxy) is 2. The molecule has 26 heavy (non-hydrogen) atoms. The first-order valence-electron chi connectivity index (χ1n) is 8.13. The third kappa shape index (κ3) is 4.82. The van der Waals surface area contributed by atoms with Crippen LogP contribution in [0.3, 0.4) is 0 Å². The zero-order valence-electron chi connectivity index (χ0n) is 13.9. The second-order valence-corrected chi connectivity index (χ2v) is 6.67. The van der Waals surface area contributed by atoms with Crippen LogP contribution in [0.15, 0.2) is 41.8 Å². The van der Waals surface area contributed by atoms with E-state index in [4.69, 9.17) is 9.47 Å². The lowest BCUT2D eigenvalue weighted by atomic mass is 10.1. The van der Waals surface area contributed by atoms with E-state index in [1.54, 1.807) is 35.6 Å². The van der Waals surface area contributed by atoms with E-state index in [2.05, 4.69) is 10.6 Å². The maximum atomic E-state index is 12.0. The number of rotatable bonds is 7. The van der Waals surface area contributed by atoms with Gasteiger partial charge >= 0.3 is 5.97 Å². The Kier molecular flexibility index (Phi) is 5.85. The predicted molar refractivity (Wildman–Crippen MR) is 96.1 cm³/mol. The molecule has 2 amide bonds. The zero-order valence-corrected chi connectivity index (χ0v) is 14.7. The first kappa shape index (κ1) is 17.9. The number of esters is 1. The predicted octanol–water partition coefficient (Wildman–Crippen LogP) is 1.74. The normalized spacial score (nSPS) is 15.4. The van der Waals surface area contributed by atoms with Crippen LogP contribution in [-0.2, 0) is 25.5 Å². The smallest absolute Gasteiger partial charge is 0.310 e. The number of hydrogen-bond donors (Lipinski definition) is 2. The zero-order chi connectivity index (χ0) is 18.4. The van der Waals surface area contributed by atoms with Gasteiger partial charge in [-0.2, -0.15) is 0 Å². The summed E-state index contributed by atoms with van der Waals surface area (Å²) in [5.74, 6) is -0.968. The summed E-state index contributed by atoms with van der Waals surface area (Å²) in [6.07, 6.45) is -0.505. The van der Waals surface area contributed by atoms with Crippen molar-refractivity contribution in [3.63, 3.8) is 0 Å². The minimum atomic E-state index is -0.973. The van der Waals surface area contributed by atoms with Crippen LogP contribution in [0.1, 0.15) is 11.3 Å². The monoisotopic (exact) mass is 374 g/mol. The largest absolute Gasteiger partial charge is 0.478 e. The molecule has 0 aliphatic carbocycles. The summed E-state index contributed by atoms with van der Waals surface area (Å²) in [4.78, 5) is 36.7. The van der Waals surface area contributed by atoms with Crippen LogP contribution in [-0.4, -0.2) is 37.0 Å². The molecule has 0 bridgehead atoms. The van der Waals surface area contributed by atoms with Gasteiger partial charge in [-0.15, -0.1) is 11.3 Å². The molecular weight excluding hydrogens is 356 g/mol. The molecule has 0 unspecified atom stereocenters. The molecule has 7 nitrogen and oxygen atoms in total. The lowest BCUT2D eigenvalue weighted by molar-refractivity contribution is -0.151. The number of benzene rings is 1. The van der Waals surface area contributed by atoms with Gasteiger partial charge in [0.05, 0.1) is 12.1 Å². The quantitative estimate of drug-likeness (QED) is 0.720. The topological polar surface area (TPSA) is 93.7 Å². The summed E-state index contributed by atoms with van der Waals surface area (Å²) >= 11 is 1.62. The Morgan fingerprint density at radius 2 is 2.08 bits per heavy atom. The van der Waals surface area contributed by atoms with Crippen molar-refractivity contribution in [2.75, 3.05) is 18.5 Å². The Bertz CT molecular complexity index is 791. The van der Waals surface area contributed by atoms with Crippen molar-refractivity contribution in [1.82, 2.24) is 5.32 Å². The van der Waals surface area contributed by atoms with E-state index in [-0.39, 0.29) is 18.9 Å². The third-order valence-electron chi connectivity index (χ3n) is 3.70. The summed E-state index contributed by atoms with van der Waals surface area (Å²) in [5.41, 5.74) is 0.562. The van der Waals surface area contributed by atoms with E-state index >= 15 is 0 Å². The highest BCUT2D eigenvalue weighted by Crippen LogP contribution is 2.29. The number of amides is 2. The summed E-state index contributed by atoms with van der Waals surface area (Å²) in [6.45, 7) is 0.0933. The Balaban J connectivity index is 1.38. The minimum absolute atomic E-state index is 0.261. The molecule has 1 atom stereocenters. The fourth-order valence-corrected chi connectivity index (χ4v) is 3.12. The number of carbonyl (C=O) groups is 3. The molecule has 0 saturated heterocycles. The van der Waals surface area contributed by atoms with Crippen LogP contribution in [0.25, 0.3) is 0 Å². The molecule has 1 aliphatic rings. The van der Waals surface area contributed by atoms with E-state index < -0.39 is 18.0 Å². The molecule has 2 aromatic rings. The van der Waals surface area contributed by atoms with Gasteiger partial charge in [-0.05, 0) is 30.0 Å². The van der Waals surface area contributed by atoms with Crippen LogP contribution in [0.5, 0.6) is 5.75 Å². The van der Waals surface area contributed by atoms with E-state index in [0.29, 0.717) is 18.0 Å². The van der Waals surface area contributed by atoms with E-state index in [9.17, 15) is 14.4 Å². The lowest BCUT2D eigenvalue weighted by Gasteiger charge is -2.25. The number of thiophene rings is 1. The number of anilines is 1. The molecule has 0 saturated carbocycles. The Morgan fingerprint density at radius 3 is 2.88 bits per heavy atom. The molecule has 2 heterocycles. The van der Waals surface area contributed by atoms with Crippen LogP contribution in [0, 0.1) is 0 Å². The van der Waals surface area contributed by atoms with Gasteiger partial charge in [0.1, 0.15) is 5.75 Å². The Labute approximate surface area is 154 Å². The number of nitrogens with one attached hydrogen (secondary N) is 2. The van der Waals surface area contributed by atoms with Crippen molar-refractivity contribution in [1.29, 1.82) is 0 Å². The molecule has 0 fully saturated rings. The van der Waals surface area contributed by atoms with Gasteiger partial charge in [0, 0.05) is 11.4 Å². The molecule has 0 radical (unpaired) electrons. The number of fused-ring (bicyclic) bond motifs is 1. The molecule has 1 aliphatic heterocycles. The molecule has 8 heteroatoms. The maximum Gasteiger partial charge on any atom is 0.310 e. The summed E-state index contributed by atoms with van der Waals surface area (Å²) in [6, 6.07) is 10.9. The third-order valence-corrected chi connectivity index (χ3v) is 4.63. The van der Waals surface area contributed by atoms with Crippen molar-refractivity contribution < 1.29 is 23.9 Å². The second kappa shape index (κ2) is 8.48. The first-order chi connectivity index (χ1) is 12.6. The van der Waals surface area contributed by atoms with E-state index in [0.717, 1.165) is 6.42 Å². The van der Waals surface area contributed by atoms with E-state index in [1.807, 2.05) is 17.5 Å². The van der Waals surface area contributed by atoms with Crippen molar-refractivity contribution in [3.05, 3.63) is 46.7 Å². The van der Waals surface area contributed by atoms with Gasteiger partial charge < -0.3 is 20.1 Å². The molecular formula is C18H18N2O5S. The average molecular weight is 374 g/mol. The summed E-state index contributed by atoms with van der Waals surface area (Å²) in [7, 11) is 0. The number of carbonyl (C=O) groups excluding carboxylic acids is 3. The molecule has 2 N–H and O–H groups in total. The molecule has 136 valence electrons. The van der Waals surface area contributed by atoms with Crippen LogP contribution < -0.4 is 15.4 Å². The van der Waals surface area contributed by atoms with E-state index in [1.165, 1.54) is 4.88 Å². The van der Waals surface area contributed by atoms with Crippen LogP contribution >= 0.6 is 11.3 Å². The van der Waals surface area contributed by atoms with Crippen LogP contribution in [0.4, 0.5) is 5.69 Å². The van der Waals surface area contributed by atoms with Gasteiger partial charge in [-0.3, -0.25) is 14.4 Å². The SMILES string of the molecule is O=C(COC(=O)C[C@@H]1Oc2ccccc2NC1=O)NCCc1cccs1. The molecule has 1 aromatic carbocycles. The number of hydrogen-bond acceptors (Lipinski definition) is 6. The summed E-state index contributed by atoms with van der Waals surface area (Å²) < 4.78 is 10.4. The lowest BCUT2D eigenvalue weighted by Crippen LogP contribution is -2.39. The average Bonchev–Trinajstić information content (AvgIpc) is 3.14. The van der Waals surface area contributed by atoms with Gasteiger partial charge in [-0.25, -0.2) is 0 Å². The van der Waals surface area contributed by atoms with Crippen molar-refractivity contribution in [3.8, 4) is 5.75 Å². The standard InChI is InChI=1S/C18H18N2O5S/c21-16(19-8-7-12-4-3-9-26-12)11-24-17(22)10-15-18(23)20-13-5-1-2-6-14(13)25-15/h1-6,9,15H,7-8,10-11H2,(H,19,21)(H,20,23)/t15-/m0/s1. The molecule has 0 spiro atoms. The van der Waals surface area contributed by atoms with Gasteiger partial charge in [-0.1, -0.05) is 18.2 Å². The maximum absolute atomic E-state index is 12.0. The highest BCUT2D eigenvalue weighted by atomic mass is 32.1. The first-order valence-corrected chi connectivity index (χ1v) is 9.01. The molecule has 1 aromatic heterocycles. The summed E-state index contributed by atoms with van der Waals surface area (Å²) in [5, 5.41) is 7.33. The molecule has 3 rings (SSSR count). The van der Waals surface area contributed by atoms with Gasteiger partial charge in [0.15, 0.2) is 12.7 Å². The number of para-hydroxylation sites is 2. The van der Waals surface area contributed by atoms with Gasteiger partial charge in [0.2, 0.25) is 0 Å². The Hall–Kier alpha value is -2.87. The van der Waals surface area contributed by atoms with Crippen molar-refractivity contribution in [2.45, 2.75) is 18.9 Å². The minimum Gasteiger partial charge on any atom is -0.478 e. The second-order valence-electron chi connectivity index (χ2n) is 5.64. The van der Waals surface area contributed by atoms with Crippen LogP contribution in [0.2, 0.25) is 0 Å². The fourth-order valence-electron chi connectivity index (χ4n) is 2.41. The van der Waals surface area contributed by atoms with Crippen molar-refractivity contribution >= 4 is 34.8 Å². The Morgan fingerprint density at radius 1 is 1.23 bits per heavy atom. The van der Waals surface area contributed by atoms with Gasteiger partial charge in [0.25, 0.3) is 11.8 Å². The van der Waals surface area contributed by atoms with Crippen molar-refractivity contribution in [2.24, 2.45) is 0 Å². The highest BCUT2D eigenvalue weighted by Gasteiger charge is 2.30.